The summed E-state index contributed by atoms with van der Waals surface area (Å²) in [5, 5.41) is 17.4. The number of benzene rings is 7. The lowest BCUT2D eigenvalue weighted by atomic mass is 9.94. The molecule has 0 spiro atoms. The first-order valence-corrected chi connectivity index (χ1v) is 19.6. The molecule has 1 fully saturated rings. The summed E-state index contributed by atoms with van der Waals surface area (Å²) in [5.74, 6) is 0. The molecule has 8 rings (SSSR count). The molecular formula is C33H24OSi3. The summed E-state index contributed by atoms with van der Waals surface area (Å²) in [6.45, 7) is 3.37. The maximum absolute atomic E-state index is 6.69. The molecule has 0 aromatic heterocycles. The van der Waals surface area contributed by atoms with Crippen molar-refractivity contribution in [2.75, 3.05) is 6.61 Å². The van der Waals surface area contributed by atoms with Gasteiger partial charge in [-0.1, -0.05) is 60.7 Å². The molecule has 1 aliphatic rings. The van der Waals surface area contributed by atoms with Crippen LogP contribution in [0.4, 0.5) is 0 Å². The highest BCUT2D eigenvalue weighted by Gasteiger charge is 2.37. The fraction of sp³-hybridized carbons (Fsp3) is 0.0909. The third-order valence-electron chi connectivity index (χ3n) is 8.06. The maximum Gasteiger partial charge on any atom is 0.199 e. The highest BCUT2D eigenvalue weighted by molar-refractivity contribution is 7.46. The second-order valence-corrected chi connectivity index (χ2v) is 21.3. The van der Waals surface area contributed by atoms with Crippen LogP contribution < -0.4 is 5.19 Å². The summed E-state index contributed by atoms with van der Waals surface area (Å²) in [7, 11) is -0.0317. The van der Waals surface area contributed by atoms with Gasteiger partial charge in [-0.3, -0.25) is 0 Å². The van der Waals surface area contributed by atoms with E-state index in [0.29, 0.717) is 0 Å². The molecule has 1 atom stereocenters. The first-order chi connectivity index (χ1) is 18.2. The van der Waals surface area contributed by atoms with Crippen LogP contribution >= 0.6 is 0 Å². The lowest BCUT2D eigenvalue weighted by Crippen LogP contribution is -2.59. The van der Waals surface area contributed by atoms with Gasteiger partial charge in [-0.2, -0.15) is 0 Å². The number of rotatable bonds is 1. The van der Waals surface area contributed by atoms with E-state index in [0.717, 1.165) is 24.2 Å². The molecule has 0 aliphatic carbocycles. The smallest absolute Gasteiger partial charge is 0.199 e. The van der Waals surface area contributed by atoms with Crippen molar-refractivity contribution in [2.24, 2.45) is 0 Å². The Balaban J connectivity index is 1.46. The topological polar surface area (TPSA) is 9.23 Å². The third kappa shape index (κ3) is 3.37. The van der Waals surface area contributed by atoms with E-state index in [4.69, 9.17) is 4.43 Å². The summed E-state index contributed by atoms with van der Waals surface area (Å²) in [6.07, 6.45) is 0. The van der Waals surface area contributed by atoms with Gasteiger partial charge in [-0.05, 0) is 125 Å². The minimum absolute atomic E-state index is 0.916. The lowest BCUT2D eigenvalue weighted by molar-refractivity contribution is 0.345. The van der Waals surface area contributed by atoms with E-state index in [-0.39, 0.29) is 0 Å². The first-order valence-electron chi connectivity index (χ1n) is 13.0. The molecule has 0 N–H and O–H groups in total. The van der Waals surface area contributed by atoms with Gasteiger partial charge in [0, 0.05) is 15.6 Å². The Morgan fingerprint density at radius 1 is 0.541 bits per heavy atom. The van der Waals surface area contributed by atoms with Crippen molar-refractivity contribution >= 4 is 95.2 Å². The van der Waals surface area contributed by atoms with Gasteiger partial charge in [0.15, 0.2) is 7.83 Å². The van der Waals surface area contributed by atoms with Crippen molar-refractivity contribution < 1.29 is 4.43 Å². The van der Waals surface area contributed by atoms with Gasteiger partial charge < -0.3 is 4.43 Å². The second-order valence-electron chi connectivity index (χ2n) is 10.4. The molecule has 0 saturated carbocycles. The van der Waals surface area contributed by atoms with E-state index >= 15 is 0 Å². The van der Waals surface area contributed by atoms with Crippen molar-refractivity contribution in [2.45, 2.75) is 12.6 Å². The Morgan fingerprint density at radius 3 is 1.81 bits per heavy atom. The van der Waals surface area contributed by atoms with Crippen LogP contribution in [0.25, 0.3) is 64.6 Å². The third-order valence-corrected chi connectivity index (χ3v) is 21.2. The molecule has 1 unspecified atom stereocenters. The molecule has 1 saturated heterocycles. The Kier molecular flexibility index (Phi) is 4.77. The van der Waals surface area contributed by atoms with Crippen molar-refractivity contribution in [1.82, 2.24) is 0 Å². The monoisotopic (exact) mass is 520 g/mol. The zero-order valence-corrected chi connectivity index (χ0v) is 23.6. The Bertz CT molecular complexity index is 2040. The number of hydrogen-bond acceptors (Lipinski definition) is 1. The Labute approximate surface area is 221 Å². The minimum atomic E-state index is -2.00. The van der Waals surface area contributed by atoms with Crippen LogP contribution in [0, 0.1) is 0 Å². The van der Waals surface area contributed by atoms with Gasteiger partial charge in [0.25, 0.3) is 0 Å². The number of fused-ring (bicyclic) bond motifs is 7. The summed E-state index contributed by atoms with van der Waals surface area (Å²) in [4.78, 5) is 0. The van der Waals surface area contributed by atoms with Crippen LogP contribution in [0.15, 0.2) is 103 Å². The fourth-order valence-electron chi connectivity index (χ4n) is 6.29. The minimum Gasteiger partial charge on any atom is -0.416 e. The molecule has 1 aliphatic heterocycles. The largest absolute Gasteiger partial charge is 0.416 e. The Hall–Kier alpha value is -3.29. The van der Waals surface area contributed by atoms with Crippen molar-refractivity contribution in [3.63, 3.8) is 0 Å². The van der Waals surface area contributed by atoms with Gasteiger partial charge in [-0.15, -0.1) is 0 Å². The standard InChI is InChI=1S/C33H24OSi3/c1-37(34-12-13-35-36-37)33-29-9-5-4-8-23(29)17-28-20-31-25(18-32(28)33)11-10-24-16-26-14-21-6-2-3-7-22(21)15-27(26)19-30(24)31/h2-11,14-20H,12-13H2,1H3. The SMILES string of the molecule is C[Si]1(c2c3ccccc3cc3cc4c(ccc5cc6cc7ccccc7cc6cc54)cc23)OCC[Si][Si]1. The molecule has 1 heterocycles. The van der Waals surface area contributed by atoms with Crippen LogP contribution in [0.2, 0.25) is 12.6 Å². The van der Waals surface area contributed by atoms with Crippen molar-refractivity contribution in [3.05, 3.63) is 103 Å². The van der Waals surface area contributed by atoms with E-state index in [9.17, 15) is 0 Å². The van der Waals surface area contributed by atoms with Gasteiger partial charge >= 0.3 is 0 Å². The molecule has 7 aromatic carbocycles. The summed E-state index contributed by atoms with van der Waals surface area (Å²) in [6, 6.07) is 40.2. The van der Waals surface area contributed by atoms with Crippen LogP contribution in [-0.4, -0.2) is 32.0 Å². The second kappa shape index (κ2) is 8.10. The molecule has 1 nitrogen and oxygen atoms in total. The van der Waals surface area contributed by atoms with Gasteiger partial charge in [0.1, 0.15) is 0 Å². The van der Waals surface area contributed by atoms with Crippen LogP contribution in [0.1, 0.15) is 0 Å². The molecule has 37 heavy (non-hydrogen) atoms. The molecular weight excluding hydrogens is 497 g/mol. The van der Waals surface area contributed by atoms with Crippen LogP contribution in [0.5, 0.6) is 0 Å². The number of hydrogen-bond donors (Lipinski definition) is 0. The predicted octanol–water partition coefficient (Wildman–Crippen LogP) is 7.66. The molecule has 0 amide bonds. The summed E-state index contributed by atoms with van der Waals surface area (Å²) in [5.41, 5.74) is 0. The van der Waals surface area contributed by atoms with Gasteiger partial charge in [0.2, 0.25) is 0 Å². The van der Waals surface area contributed by atoms with E-state index in [1.807, 2.05) is 0 Å². The average Bonchev–Trinajstić information content (AvgIpc) is 2.93. The normalized spacial score (nSPS) is 18.5. The first kappa shape index (κ1) is 21.8. The zero-order chi connectivity index (χ0) is 24.6. The maximum atomic E-state index is 6.69. The average molecular weight is 521 g/mol. The van der Waals surface area contributed by atoms with Gasteiger partial charge in [0.05, 0.1) is 8.55 Å². The van der Waals surface area contributed by atoms with E-state index in [2.05, 4.69) is 110 Å². The predicted molar refractivity (Wildman–Crippen MR) is 165 cm³/mol. The fourth-order valence-corrected chi connectivity index (χ4v) is 18.8. The van der Waals surface area contributed by atoms with E-state index < -0.39 is 7.83 Å². The van der Waals surface area contributed by atoms with Gasteiger partial charge in [-0.25, -0.2) is 0 Å². The summed E-state index contributed by atoms with van der Waals surface area (Å²) < 4.78 is 6.69. The van der Waals surface area contributed by atoms with E-state index in [1.165, 1.54) is 75.9 Å². The quantitative estimate of drug-likeness (QED) is 0.123. The highest BCUT2D eigenvalue weighted by Crippen LogP contribution is 2.35. The summed E-state index contributed by atoms with van der Waals surface area (Å²) >= 11 is 0. The molecule has 4 heteroatoms. The van der Waals surface area contributed by atoms with Crippen LogP contribution in [-0.2, 0) is 4.43 Å². The van der Waals surface area contributed by atoms with Crippen molar-refractivity contribution in [3.8, 4) is 0 Å². The molecule has 174 valence electrons. The molecule has 7 aromatic rings. The zero-order valence-electron chi connectivity index (χ0n) is 20.6. The highest BCUT2D eigenvalue weighted by atomic mass is 29.6. The lowest BCUT2D eigenvalue weighted by Gasteiger charge is -2.33. The Morgan fingerprint density at radius 2 is 1.08 bits per heavy atom. The van der Waals surface area contributed by atoms with Crippen LogP contribution in [0.3, 0.4) is 0 Å². The molecule has 0 bridgehead atoms. The van der Waals surface area contributed by atoms with E-state index in [1.54, 1.807) is 0 Å². The molecule has 4 radical (unpaired) electrons. The van der Waals surface area contributed by atoms with Crippen molar-refractivity contribution in [1.29, 1.82) is 0 Å².